The minimum Gasteiger partial charge on any atom is -0.387 e. The van der Waals surface area contributed by atoms with Crippen molar-refractivity contribution < 1.29 is 15.3 Å². The monoisotopic (exact) mass is 194 g/mol. The lowest BCUT2D eigenvalue weighted by Gasteiger charge is -2.20. The molecule has 0 aromatic heterocycles. The van der Waals surface area contributed by atoms with Crippen LogP contribution in [0.3, 0.4) is 0 Å². The molecule has 1 rings (SSSR count). The molecule has 0 bridgehead atoms. The maximum atomic E-state index is 9.63. The highest BCUT2D eigenvalue weighted by atomic mass is 16.4. The molecule has 76 valence electrons. The standard InChI is InChI=1S/C11H14O3/c1-2-9(12)11(14)10(13)8-6-4-3-5-7-8/h2-7,9-14H,1H2/t9-,10+,11+/m1/s1. The molecule has 0 unspecified atom stereocenters. The normalized spacial score (nSPS) is 17.1. The van der Waals surface area contributed by atoms with Gasteiger partial charge >= 0.3 is 0 Å². The molecular weight excluding hydrogens is 180 g/mol. The fourth-order valence-electron chi connectivity index (χ4n) is 1.17. The van der Waals surface area contributed by atoms with Crippen LogP contribution in [0, 0.1) is 0 Å². The van der Waals surface area contributed by atoms with Crippen LogP contribution in [-0.4, -0.2) is 27.5 Å². The van der Waals surface area contributed by atoms with Gasteiger partial charge in [0.05, 0.1) is 0 Å². The second kappa shape index (κ2) is 4.91. The lowest BCUT2D eigenvalue weighted by Crippen LogP contribution is -2.30. The third kappa shape index (κ3) is 2.42. The van der Waals surface area contributed by atoms with E-state index in [9.17, 15) is 15.3 Å². The molecule has 0 heterocycles. The first-order valence-electron chi connectivity index (χ1n) is 4.38. The zero-order valence-corrected chi connectivity index (χ0v) is 7.74. The summed E-state index contributed by atoms with van der Waals surface area (Å²) in [6.07, 6.45) is -2.26. The number of aliphatic hydroxyl groups is 3. The van der Waals surface area contributed by atoms with Gasteiger partial charge in [0.25, 0.3) is 0 Å². The number of benzene rings is 1. The molecular formula is C11H14O3. The summed E-state index contributed by atoms with van der Waals surface area (Å²) in [6.45, 7) is 3.34. The molecule has 3 nitrogen and oxygen atoms in total. The number of hydrogen-bond donors (Lipinski definition) is 3. The van der Waals surface area contributed by atoms with Crippen molar-refractivity contribution in [3.8, 4) is 0 Å². The van der Waals surface area contributed by atoms with E-state index in [-0.39, 0.29) is 0 Å². The summed E-state index contributed by atoms with van der Waals surface area (Å²) in [5.41, 5.74) is 0.570. The minimum atomic E-state index is -1.24. The smallest absolute Gasteiger partial charge is 0.113 e. The van der Waals surface area contributed by atoms with Gasteiger partial charge in [0.2, 0.25) is 0 Å². The highest BCUT2D eigenvalue weighted by Crippen LogP contribution is 2.18. The van der Waals surface area contributed by atoms with Crippen molar-refractivity contribution in [2.45, 2.75) is 18.3 Å². The van der Waals surface area contributed by atoms with Crippen molar-refractivity contribution in [1.82, 2.24) is 0 Å². The van der Waals surface area contributed by atoms with E-state index in [1.807, 2.05) is 6.07 Å². The summed E-state index contributed by atoms with van der Waals surface area (Å²) >= 11 is 0. The van der Waals surface area contributed by atoms with Gasteiger partial charge in [-0.3, -0.25) is 0 Å². The SMILES string of the molecule is C=C[C@@H](O)[C@H](O)[C@@H](O)c1ccccc1. The van der Waals surface area contributed by atoms with Gasteiger partial charge in [0.15, 0.2) is 0 Å². The number of aliphatic hydroxyl groups excluding tert-OH is 3. The lowest BCUT2D eigenvalue weighted by atomic mass is 10.0. The Kier molecular flexibility index (Phi) is 3.83. The van der Waals surface area contributed by atoms with E-state index in [0.29, 0.717) is 5.56 Å². The lowest BCUT2D eigenvalue weighted by molar-refractivity contribution is -0.0424. The van der Waals surface area contributed by atoms with Crippen LogP contribution >= 0.6 is 0 Å². The van der Waals surface area contributed by atoms with Gasteiger partial charge in [-0.1, -0.05) is 36.4 Å². The fraction of sp³-hybridized carbons (Fsp3) is 0.273. The number of rotatable bonds is 4. The zero-order chi connectivity index (χ0) is 10.6. The summed E-state index contributed by atoms with van der Waals surface area (Å²) in [6, 6.07) is 8.69. The molecule has 3 N–H and O–H groups in total. The molecule has 0 radical (unpaired) electrons. The Morgan fingerprint density at radius 3 is 2.14 bits per heavy atom. The average Bonchev–Trinajstić information content (AvgIpc) is 2.27. The Labute approximate surface area is 82.9 Å². The molecule has 1 aromatic carbocycles. The number of hydrogen-bond acceptors (Lipinski definition) is 3. The third-order valence-electron chi connectivity index (χ3n) is 2.06. The minimum absolute atomic E-state index is 0.570. The second-order valence-corrected chi connectivity index (χ2v) is 3.07. The summed E-state index contributed by atoms with van der Waals surface area (Å²) in [5, 5.41) is 28.3. The molecule has 0 aliphatic rings. The van der Waals surface area contributed by atoms with Gasteiger partial charge in [-0.15, -0.1) is 6.58 Å². The van der Waals surface area contributed by atoms with E-state index < -0.39 is 18.3 Å². The Bertz CT molecular complexity index is 284. The van der Waals surface area contributed by atoms with E-state index >= 15 is 0 Å². The molecule has 0 amide bonds. The first-order chi connectivity index (χ1) is 6.66. The fourth-order valence-corrected chi connectivity index (χ4v) is 1.17. The zero-order valence-electron chi connectivity index (χ0n) is 7.74. The molecule has 0 fully saturated rings. The van der Waals surface area contributed by atoms with Crippen LogP contribution in [0.4, 0.5) is 0 Å². The van der Waals surface area contributed by atoms with Crippen LogP contribution < -0.4 is 0 Å². The Morgan fingerprint density at radius 2 is 1.64 bits per heavy atom. The highest BCUT2D eigenvalue weighted by Gasteiger charge is 2.23. The average molecular weight is 194 g/mol. The topological polar surface area (TPSA) is 60.7 Å². The van der Waals surface area contributed by atoms with Crippen LogP contribution in [-0.2, 0) is 0 Å². The van der Waals surface area contributed by atoms with E-state index in [1.54, 1.807) is 24.3 Å². The van der Waals surface area contributed by atoms with E-state index in [1.165, 1.54) is 6.08 Å². The van der Waals surface area contributed by atoms with E-state index in [2.05, 4.69) is 6.58 Å². The van der Waals surface area contributed by atoms with Crippen LogP contribution in [0.25, 0.3) is 0 Å². The summed E-state index contributed by atoms with van der Waals surface area (Å²) < 4.78 is 0. The van der Waals surface area contributed by atoms with Crippen molar-refractivity contribution in [2.24, 2.45) is 0 Å². The predicted octanol–water partition coefficient (Wildman–Crippen LogP) is 0.628. The first-order valence-corrected chi connectivity index (χ1v) is 4.38. The summed E-state index contributed by atoms with van der Waals surface area (Å²) in [4.78, 5) is 0. The van der Waals surface area contributed by atoms with Crippen molar-refractivity contribution >= 4 is 0 Å². The van der Waals surface area contributed by atoms with Gasteiger partial charge in [-0.2, -0.15) is 0 Å². The molecule has 0 aliphatic heterocycles. The molecule has 1 aromatic rings. The quantitative estimate of drug-likeness (QED) is 0.616. The van der Waals surface area contributed by atoms with E-state index in [0.717, 1.165) is 0 Å². The van der Waals surface area contributed by atoms with Gasteiger partial charge in [-0.25, -0.2) is 0 Å². The molecule has 0 saturated heterocycles. The largest absolute Gasteiger partial charge is 0.387 e. The highest BCUT2D eigenvalue weighted by molar-refractivity contribution is 5.19. The van der Waals surface area contributed by atoms with Crippen molar-refractivity contribution in [3.63, 3.8) is 0 Å². The second-order valence-electron chi connectivity index (χ2n) is 3.07. The van der Waals surface area contributed by atoms with Crippen LogP contribution in [0.1, 0.15) is 11.7 Å². The van der Waals surface area contributed by atoms with Gasteiger partial charge in [0, 0.05) is 0 Å². The molecule has 3 heteroatoms. The van der Waals surface area contributed by atoms with Crippen molar-refractivity contribution in [3.05, 3.63) is 48.6 Å². The summed E-state index contributed by atoms with van der Waals surface area (Å²) in [7, 11) is 0. The summed E-state index contributed by atoms with van der Waals surface area (Å²) in [5.74, 6) is 0. The first kappa shape index (κ1) is 10.9. The molecule has 14 heavy (non-hydrogen) atoms. The Balaban J connectivity index is 2.75. The molecule has 0 spiro atoms. The maximum Gasteiger partial charge on any atom is 0.113 e. The maximum absolute atomic E-state index is 9.63. The molecule has 3 atom stereocenters. The van der Waals surface area contributed by atoms with Crippen molar-refractivity contribution in [2.75, 3.05) is 0 Å². The van der Waals surface area contributed by atoms with E-state index in [4.69, 9.17) is 0 Å². The molecule has 0 aliphatic carbocycles. The Morgan fingerprint density at radius 1 is 1.07 bits per heavy atom. The van der Waals surface area contributed by atoms with Crippen LogP contribution in [0.15, 0.2) is 43.0 Å². The van der Waals surface area contributed by atoms with Crippen molar-refractivity contribution in [1.29, 1.82) is 0 Å². The molecule has 0 saturated carbocycles. The predicted molar refractivity (Wildman–Crippen MR) is 53.6 cm³/mol. The Hall–Kier alpha value is -1.16. The van der Waals surface area contributed by atoms with Gasteiger partial charge in [-0.05, 0) is 5.56 Å². The van der Waals surface area contributed by atoms with Gasteiger partial charge < -0.3 is 15.3 Å². The third-order valence-corrected chi connectivity index (χ3v) is 2.06. The van der Waals surface area contributed by atoms with Gasteiger partial charge in [0.1, 0.15) is 18.3 Å². The van der Waals surface area contributed by atoms with Crippen LogP contribution in [0.2, 0.25) is 0 Å². The van der Waals surface area contributed by atoms with Crippen LogP contribution in [0.5, 0.6) is 0 Å².